The number of halogens is 2. The number of carbonyl (C=O) groups excluding carboxylic acids is 1. The molecule has 1 heterocycles. The third kappa shape index (κ3) is 3.99. The summed E-state index contributed by atoms with van der Waals surface area (Å²) in [5.41, 5.74) is 3.25. The summed E-state index contributed by atoms with van der Waals surface area (Å²) in [5, 5.41) is 17.0. The number of hydrogen-bond donors (Lipinski definition) is 3. The van der Waals surface area contributed by atoms with Crippen molar-refractivity contribution in [2.45, 2.75) is 6.04 Å². The number of ketones is 1. The summed E-state index contributed by atoms with van der Waals surface area (Å²) in [6.45, 7) is 0. The highest BCUT2D eigenvalue weighted by Crippen LogP contribution is 2.39. The molecule has 4 rings (SSSR count). The van der Waals surface area contributed by atoms with Crippen molar-refractivity contribution in [1.29, 1.82) is 0 Å². The second-order valence-electron chi connectivity index (χ2n) is 6.71. The predicted octanol–water partition coefficient (Wildman–Crippen LogP) is 5.62. The fourth-order valence-electron chi connectivity index (χ4n) is 3.39. The van der Waals surface area contributed by atoms with E-state index >= 15 is 0 Å². The normalized spacial score (nSPS) is 16.1. The van der Waals surface area contributed by atoms with Crippen LogP contribution in [0.3, 0.4) is 0 Å². The molecular weight excluding hydrogens is 484 g/mol. The zero-order chi connectivity index (χ0) is 21.3. The lowest BCUT2D eigenvalue weighted by Gasteiger charge is -2.32. The Balaban J connectivity index is 1.96. The fraction of sp³-hybridized carbons (Fsp3) is 0.0435. The van der Waals surface area contributed by atoms with Gasteiger partial charge in [0.25, 0.3) is 0 Å². The monoisotopic (exact) mass is 498 g/mol. The van der Waals surface area contributed by atoms with Crippen LogP contribution in [-0.2, 0) is 0 Å². The van der Waals surface area contributed by atoms with E-state index in [2.05, 4.69) is 26.6 Å². The Kier molecular flexibility index (Phi) is 5.90. The van der Waals surface area contributed by atoms with Gasteiger partial charge < -0.3 is 15.7 Å². The number of carbonyl (C=O) groups is 1. The lowest BCUT2D eigenvalue weighted by molar-refractivity contribution is 0.102. The van der Waals surface area contributed by atoms with Gasteiger partial charge in [0.05, 0.1) is 26.8 Å². The molecule has 0 spiro atoms. The molecule has 3 aromatic rings. The van der Waals surface area contributed by atoms with Crippen LogP contribution < -0.4 is 10.6 Å². The highest BCUT2D eigenvalue weighted by Gasteiger charge is 2.33. The van der Waals surface area contributed by atoms with Gasteiger partial charge in [-0.2, -0.15) is 0 Å². The predicted molar refractivity (Wildman–Crippen MR) is 127 cm³/mol. The Labute approximate surface area is 192 Å². The molecule has 3 N–H and O–H groups in total. The minimum atomic E-state index is -0.559. The maximum absolute atomic E-state index is 13.6. The first-order chi connectivity index (χ1) is 14.5. The first-order valence-corrected chi connectivity index (χ1v) is 10.7. The Bertz CT molecular complexity index is 1140. The summed E-state index contributed by atoms with van der Waals surface area (Å²) in [4.78, 5) is 13.6. The molecular formula is C23H16BrClN2O2S. The van der Waals surface area contributed by atoms with E-state index in [0.717, 1.165) is 5.56 Å². The average molecular weight is 500 g/mol. The van der Waals surface area contributed by atoms with E-state index in [-0.39, 0.29) is 16.6 Å². The Morgan fingerprint density at radius 2 is 1.67 bits per heavy atom. The summed E-state index contributed by atoms with van der Waals surface area (Å²) in [7, 11) is 0. The molecule has 0 aromatic heterocycles. The summed E-state index contributed by atoms with van der Waals surface area (Å²) < 4.78 is 0.434. The van der Waals surface area contributed by atoms with Gasteiger partial charge in [-0.1, -0.05) is 72.3 Å². The van der Waals surface area contributed by atoms with Crippen LogP contribution in [0, 0.1) is 0 Å². The molecule has 0 aliphatic carbocycles. The van der Waals surface area contributed by atoms with Gasteiger partial charge in [-0.3, -0.25) is 4.79 Å². The van der Waals surface area contributed by atoms with Crippen molar-refractivity contribution in [3.05, 3.63) is 105 Å². The molecule has 0 fully saturated rings. The minimum absolute atomic E-state index is 0.0554. The number of phenolic OH excluding ortho intramolecular Hbond substituents is 1. The van der Waals surface area contributed by atoms with Gasteiger partial charge in [0.2, 0.25) is 0 Å². The van der Waals surface area contributed by atoms with Gasteiger partial charge in [-0.05, 0) is 51.4 Å². The lowest BCUT2D eigenvalue weighted by atomic mass is 9.87. The van der Waals surface area contributed by atoms with Gasteiger partial charge in [-0.25, -0.2) is 0 Å². The number of Topliss-reactive ketones (excluding diaryl/α,β-unsaturated/α-hetero) is 1. The van der Waals surface area contributed by atoms with Gasteiger partial charge >= 0.3 is 0 Å². The lowest BCUT2D eigenvalue weighted by Crippen LogP contribution is -2.45. The smallest absolute Gasteiger partial charge is 0.193 e. The molecule has 4 nitrogen and oxygen atoms in total. The van der Waals surface area contributed by atoms with Crippen LogP contribution in [0.1, 0.15) is 27.5 Å². The van der Waals surface area contributed by atoms with E-state index in [0.29, 0.717) is 32.0 Å². The molecule has 1 aliphatic rings. The second kappa shape index (κ2) is 8.60. The molecule has 0 bridgehead atoms. The van der Waals surface area contributed by atoms with Crippen molar-refractivity contribution in [1.82, 2.24) is 10.6 Å². The highest BCUT2D eigenvalue weighted by molar-refractivity contribution is 9.10. The van der Waals surface area contributed by atoms with Crippen LogP contribution in [0.5, 0.6) is 5.75 Å². The van der Waals surface area contributed by atoms with Crippen molar-refractivity contribution < 1.29 is 9.90 Å². The summed E-state index contributed by atoms with van der Waals surface area (Å²) in [6.07, 6.45) is 0. The van der Waals surface area contributed by atoms with E-state index in [4.69, 9.17) is 23.8 Å². The molecule has 30 heavy (non-hydrogen) atoms. The number of aromatic hydroxyl groups is 1. The Morgan fingerprint density at radius 3 is 2.30 bits per heavy atom. The molecule has 1 atom stereocenters. The van der Waals surface area contributed by atoms with Crippen LogP contribution in [-0.4, -0.2) is 16.0 Å². The molecule has 0 saturated carbocycles. The first kappa shape index (κ1) is 20.6. The molecule has 0 radical (unpaired) electrons. The van der Waals surface area contributed by atoms with E-state index in [9.17, 15) is 9.90 Å². The van der Waals surface area contributed by atoms with Crippen molar-refractivity contribution >= 4 is 56.3 Å². The van der Waals surface area contributed by atoms with Crippen LogP contribution in [0.15, 0.2) is 82.8 Å². The largest absolute Gasteiger partial charge is 0.505 e. The SMILES string of the molecule is O=C(C1=C(c2ccccc2)NC(=S)N[C@@H]1c1cc(Cl)c(O)c(Br)c1)c1ccccc1. The molecule has 0 amide bonds. The van der Waals surface area contributed by atoms with Crippen molar-refractivity contribution in [2.24, 2.45) is 0 Å². The van der Waals surface area contributed by atoms with E-state index in [1.54, 1.807) is 24.3 Å². The van der Waals surface area contributed by atoms with Crippen LogP contribution in [0.4, 0.5) is 0 Å². The molecule has 7 heteroatoms. The highest BCUT2D eigenvalue weighted by atomic mass is 79.9. The maximum Gasteiger partial charge on any atom is 0.193 e. The number of hydrogen-bond acceptors (Lipinski definition) is 3. The number of thiocarbonyl (C=S) groups is 1. The molecule has 0 saturated heterocycles. The summed E-state index contributed by atoms with van der Waals surface area (Å²) >= 11 is 15.0. The molecule has 1 aliphatic heterocycles. The number of nitrogens with one attached hydrogen (secondary N) is 2. The van der Waals surface area contributed by atoms with Gasteiger partial charge in [0.1, 0.15) is 5.75 Å². The summed E-state index contributed by atoms with van der Waals surface area (Å²) in [5.74, 6) is -0.192. The molecule has 3 aromatic carbocycles. The van der Waals surface area contributed by atoms with Crippen LogP contribution in [0.2, 0.25) is 5.02 Å². The third-order valence-corrected chi connectivity index (χ3v) is 5.90. The molecule has 150 valence electrons. The topological polar surface area (TPSA) is 61.4 Å². The molecule has 0 unspecified atom stereocenters. The standard InChI is InChI=1S/C23H16BrClN2O2S/c24-16-11-15(12-17(25)22(16)29)20-18(21(28)14-9-5-2-6-10-14)19(26-23(30)27-20)13-7-3-1-4-8-13/h1-12,20,29H,(H2,26,27,30)/t20-/m1/s1. The zero-order valence-electron chi connectivity index (χ0n) is 15.5. The maximum atomic E-state index is 13.6. The number of phenols is 1. The van der Waals surface area contributed by atoms with Crippen LogP contribution in [0.25, 0.3) is 5.70 Å². The third-order valence-electron chi connectivity index (χ3n) is 4.79. The van der Waals surface area contributed by atoms with Crippen LogP contribution >= 0.6 is 39.7 Å². The number of benzene rings is 3. The number of rotatable bonds is 4. The van der Waals surface area contributed by atoms with Crippen molar-refractivity contribution in [3.63, 3.8) is 0 Å². The Morgan fingerprint density at radius 1 is 1.03 bits per heavy atom. The fourth-order valence-corrected chi connectivity index (χ4v) is 4.43. The average Bonchev–Trinajstić information content (AvgIpc) is 2.77. The summed E-state index contributed by atoms with van der Waals surface area (Å²) in [6, 6.07) is 21.4. The van der Waals surface area contributed by atoms with Crippen molar-refractivity contribution in [3.8, 4) is 5.75 Å². The zero-order valence-corrected chi connectivity index (χ0v) is 18.7. The first-order valence-electron chi connectivity index (χ1n) is 9.10. The van der Waals surface area contributed by atoms with Crippen molar-refractivity contribution in [2.75, 3.05) is 0 Å². The Hall–Kier alpha value is -2.67. The van der Waals surface area contributed by atoms with E-state index in [1.807, 2.05) is 48.5 Å². The van der Waals surface area contributed by atoms with E-state index in [1.165, 1.54) is 0 Å². The second-order valence-corrected chi connectivity index (χ2v) is 8.38. The van der Waals surface area contributed by atoms with Gasteiger partial charge in [0, 0.05) is 5.56 Å². The van der Waals surface area contributed by atoms with Gasteiger partial charge in [0.15, 0.2) is 10.9 Å². The van der Waals surface area contributed by atoms with E-state index < -0.39 is 6.04 Å². The van der Waals surface area contributed by atoms with Gasteiger partial charge in [-0.15, -0.1) is 0 Å². The minimum Gasteiger partial charge on any atom is -0.505 e. The quantitative estimate of drug-likeness (QED) is 0.321.